The summed E-state index contributed by atoms with van der Waals surface area (Å²) in [5.74, 6) is 5.49. The fraction of sp³-hybridized carbons (Fsp3) is 0.167. The fourth-order valence-electron chi connectivity index (χ4n) is 0.998. The summed E-state index contributed by atoms with van der Waals surface area (Å²) >= 11 is 5.83. The molecule has 1 aromatic carbocycles. The smallest absolute Gasteiger partial charge is 0.217 e. The summed E-state index contributed by atoms with van der Waals surface area (Å²) in [5.41, 5.74) is 1.14. The highest BCUT2D eigenvalue weighted by Crippen LogP contribution is 2.16. The summed E-state index contributed by atoms with van der Waals surface area (Å²) in [4.78, 5) is 10.6. The van der Waals surface area contributed by atoms with Gasteiger partial charge in [-0.1, -0.05) is 23.4 Å². The van der Waals surface area contributed by atoms with Gasteiger partial charge in [-0.25, -0.2) is 0 Å². The number of carbonyl (C=O) groups excluding carboxylic acids is 1. The molecule has 0 fully saturated rings. The molecule has 0 saturated carbocycles. The van der Waals surface area contributed by atoms with Crippen LogP contribution in [0.5, 0.6) is 0 Å². The Kier molecular flexibility index (Phi) is 4.39. The topological polar surface area (TPSA) is 52.9 Å². The van der Waals surface area contributed by atoms with Gasteiger partial charge in [-0.2, -0.15) is 5.26 Å². The summed E-state index contributed by atoms with van der Waals surface area (Å²) in [6, 6.07) is 6.92. The maximum Gasteiger partial charge on any atom is 0.217 e. The second kappa shape index (κ2) is 5.80. The molecule has 1 N–H and O–H groups in total. The van der Waals surface area contributed by atoms with Crippen LogP contribution in [0.15, 0.2) is 18.2 Å². The summed E-state index contributed by atoms with van der Waals surface area (Å²) in [5, 5.41) is 11.6. The summed E-state index contributed by atoms with van der Waals surface area (Å²) in [6.45, 7) is 1.73. The minimum Gasteiger partial charge on any atom is -0.345 e. The van der Waals surface area contributed by atoms with Gasteiger partial charge < -0.3 is 5.32 Å². The third-order valence-corrected chi connectivity index (χ3v) is 2.06. The monoisotopic (exact) mass is 232 g/mol. The lowest BCUT2D eigenvalue weighted by Gasteiger charge is -1.95. The second-order valence-electron chi connectivity index (χ2n) is 3.02. The van der Waals surface area contributed by atoms with Crippen LogP contribution < -0.4 is 5.32 Å². The number of nitriles is 1. The van der Waals surface area contributed by atoms with Gasteiger partial charge in [0.05, 0.1) is 17.1 Å². The van der Waals surface area contributed by atoms with Crippen LogP contribution in [0, 0.1) is 23.2 Å². The quantitative estimate of drug-likeness (QED) is 0.750. The van der Waals surface area contributed by atoms with Crippen molar-refractivity contribution in [3.05, 3.63) is 34.3 Å². The zero-order valence-corrected chi connectivity index (χ0v) is 9.43. The van der Waals surface area contributed by atoms with E-state index < -0.39 is 0 Å². The number of hydrogen-bond donors (Lipinski definition) is 1. The molecule has 0 aromatic heterocycles. The van der Waals surface area contributed by atoms with Crippen LogP contribution in [0.1, 0.15) is 18.1 Å². The molecular formula is C12H9ClN2O. The van der Waals surface area contributed by atoms with E-state index in [0.717, 1.165) is 0 Å². The Morgan fingerprint density at radius 2 is 2.31 bits per heavy atom. The van der Waals surface area contributed by atoms with Crippen LogP contribution in [-0.2, 0) is 4.79 Å². The Bertz CT molecular complexity index is 506. The van der Waals surface area contributed by atoms with E-state index in [1.54, 1.807) is 18.2 Å². The molecule has 0 aliphatic rings. The summed E-state index contributed by atoms with van der Waals surface area (Å²) in [6.07, 6.45) is 0. The molecule has 0 bridgehead atoms. The lowest BCUT2D eigenvalue weighted by Crippen LogP contribution is -2.19. The van der Waals surface area contributed by atoms with Crippen molar-refractivity contribution in [2.45, 2.75) is 6.92 Å². The molecule has 0 aliphatic carbocycles. The number of hydrogen-bond acceptors (Lipinski definition) is 2. The molecule has 0 atom stereocenters. The van der Waals surface area contributed by atoms with E-state index in [4.69, 9.17) is 16.9 Å². The Morgan fingerprint density at radius 1 is 1.56 bits per heavy atom. The van der Waals surface area contributed by atoms with E-state index in [2.05, 4.69) is 17.2 Å². The van der Waals surface area contributed by atoms with Crippen LogP contribution in [0.3, 0.4) is 0 Å². The first-order chi connectivity index (χ1) is 7.63. The van der Waals surface area contributed by atoms with Crippen molar-refractivity contribution >= 4 is 17.5 Å². The van der Waals surface area contributed by atoms with Crippen molar-refractivity contribution in [2.75, 3.05) is 6.54 Å². The largest absolute Gasteiger partial charge is 0.345 e. The number of nitrogens with zero attached hydrogens (tertiary/aromatic N) is 1. The number of rotatable bonds is 1. The zero-order chi connectivity index (χ0) is 12.0. The number of amides is 1. The maximum atomic E-state index is 10.6. The van der Waals surface area contributed by atoms with Crippen LogP contribution in [0.4, 0.5) is 0 Å². The van der Waals surface area contributed by atoms with Gasteiger partial charge in [0.15, 0.2) is 0 Å². The normalized spacial score (nSPS) is 8.56. The summed E-state index contributed by atoms with van der Waals surface area (Å²) < 4.78 is 0. The average Bonchev–Trinajstić information content (AvgIpc) is 2.24. The van der Waals surface area contributed by atoms with E-state index in [1.807, 2.05) is 6.07 Å². The third kappa shape index (κ3) is 3.65. The van der Waals surface area contributed by atoms with E-state index in [9.17, 15) is 4.79 Å². The highest BCUT2D eigenvalue weighted by Gasteiger charge is 1.98. The Balaban J connectivity index is 2.72. The first-order valence-corrected chi connectivity index (χ1v) is 4.94. The van der Waals surface area contributed by atoms with E-state index in [-0.39, 0.29) is 5.91 Å². The van der Waals surface area contributed by atoms with Crippen molar-refractivity contribution in [1.29, 1.82) is 5.26 Å². The van der Waals surface area contributed by atoms with Gasteiger partial charge in [-0.05, 0) is 18.2 Å². The van der Waals surface area contributed by atoms with E-state index >= 15 is 0 Å². The van der Waals surface area contributed by atoms with Crippen LogP contribution in [0.25, 0.3) is 0 Å². The highest BCUT2D eigenvalue weighted by molar-refractivity contribution is 6.31. The molecule has 80 valence electrons. The van der Waals surface area contributed by atoms with Gasteiger partial charge in [0.1, 0.15) is 6.07 Å². The first kappa shape index (κ1) is 12.1. The molecule has 4 heteroatoms. The first-order valence-electron chi connectivity index (χ1n) is 4.56. The van der Waals surface area contributed by atoms with Gasteiger partial charge in [-0.15, -0.1) is 0 Å². The van der Waals surface area contributed by atoms with Gasteiger partial charge in [0.2, 0.25) is 5.91 Å². The lowest BCUT2D eigenvalue weighted by molar-refractivity contribution is -0.118. The van der Waals surface area contributed by atoms with Gasteiger partial charge >= 0.3 is 0 Å². The fourth-order valence-corrected chi connectivity index (χ4v) is 1.22. The summed E-state index contributed by atoms with van der Waals surface area (Å²) in [7, 11) is 0. The molecule has 1 aromatic rings. The van der Waals surface area contributed by atoms with Crippen molar-refractivity contribution < 1.29 is 4.79 Å². The molecule has 0 aliphatic heterocycles. The van der Waals surface area contributed by atoms with Crippen molar-refractivity contribution in [3.8, 4) is 17.9 Å². The molecule has 16 heavy (non-hydrogen) atoms. The van der Waals surface area contributed by atoms with E-state index in [0.29, 0.717) is 22.7 Å². The lowest BCUT2D eigenvalue weighted by atomic mass is 10.1. The minimum absolute atomic E-state index is 0.118. The molecule has 1 amide bonds. The number of nitrogens with one attached hydrogen (secondary N) is 1. The van der Waals surface area contributed by atoms with Crippen LogP contribution in [-0.4, -0.2) is 12.5 Å². The number of carbonyl (C=O) groups is 1. The van der Waals surface area contributed by atoms with Crippen LogP contribution in [0.2, 0.25) is 5.02 Å². The molecular weight excluding hydrogens is 224 g/mol. The maximum absolute atomic E-state index is 10.6. The molecule has 1 rings (SSSR count). The molecule has 3 nitrogen and oxygen atoms in total. The third-order valence-electron chi connectivity index (χ3n) is 1.75. The Morgan fingerprint density at radius 3 is 2.88 bits per heavy atom. The number of benzene rings is 1. The SMILES string of the molecule is CC(=O)NCC#Cc1ccc(C#N)c(Cl)c1. The van der Waals surface area contributed by atoms with Crippen LogP contribution >= 0.6 is 11.6 Å². The van der Waals surface area contributed by atoms with Gasteiger partial charge in [0, 0.05) is 12.5 Å². The molecule has 0 spiro atoms. The van der Waals surface area contributed by atoms with E-state index in [1.165, 1.54) is 6.92 Å². The predicted molar refractivity (Wildman–Crippen MR) is 61.7 cm³/mol. The Labute approximate surface area is 99.0 Å². The van der Waals surface area contributed by atoms with Gasteiger partial charge in [-0.3, -0.25) is 4.79 Å². The van der Waals surface area contributed by atoms with Crippen molar-refractivity contribution in [1.82, 2.24) is 5.32 Å². The van der Waals surface area contributed by atoms with Gasteiger partial charge in [0.25, 0.3) is 0 Å². The van der Waals surface area contributed by atoms with Crippen molar-refractivity contribution in [2.24, 2.45) is 0 Å². The standard InChI is InChI=1S/C12H9ClN2O/c1-9(16)15-6-2-3-10-4-5-11(8-14)12(13)7-10/h4-5,7H,6H2,1H3,(H,15,16). The molecule has 0 radical (unpaired) electrons. The molecule has 0 unspecified atom stereocenters. The molecule has 0 saturated heterocycles. The molecule has 0 heterocycles. The number of halogens is 1. The highest BCUT2D eigenvalue weighted by atomic mass is 35.5. The average molecular weight is 233 g/mol. The van der Waals surface area contributed by atoms with Crippen molar-refractivity contribution in [3.63, 3.8) is 0 Å². The Hall–Kier alpha value is -1.97. The minimum atomic E-state index is -0.118. The zero-order valence-electron chi connectivity index (χ0n) is 8.67. The predicted octanol–water partition coefficient (Wildman–Crippen LogP) is 1.70. The second-order valence-corrected chi connectivity index (χ2v) is 3.43.